The zero-order valence-electron chi connectivity index (χ0n) is 9.01. The molecule has 1 rings (SSSR count). The van der Waals surface area contributed by atoms with Crippen molar-refractivity contribution in [2.24, 2.45) is 5.73 Å². The van der Waals surface area contributed by atoms with Gasteiger partial charge in [0, 0.05) is 0 Å². The maximum Gasteiger partial charge on any atom is 0.330 e. The highest BCUT2D eigenvalue weighted by atomic mass is 16.5. The third kappa shape index (κ3) is 2.76. The fourth-order valence-electron chi connectivity index (χ4n) is 1.25. The molecule has 1 aromatic heterocycles. The molecular weight excluding hydrogens is 196 g/mol. The van der Waals surface area contributed by atoms with Crippen molar-refractivity contribution in [2.75, 3.05) is 6.61 Å². The zero-order valence-corrected chi connectivity index (χ0v) is 9.01. The Hall–Kier alpha value is -1.43. The van der Waals surface area contributed by atoms with Crippen molar-refractivity contribution in [1.29, 1.82) is 0 Å². The molecule has 6 heteroatoms. The molecule has 1 atom stereocenters. The van der Waals surface area contributed by atoms with Gasteiger partial charge in [0.1, 0.15) is 6.33 Å². The van der Waals surface area contributed by atoms with E-state index in [1.54, 1.807) is 6.92 Å². The standard InChI is InChI=1S/C9H16N4O2/c1-3-7(9(14)15-4-2)13-6-11-8(5-10)12-13/h6-7H,3-5,10H2,1-2H3. The number of aromatic nitrogens is 3. The van der Waals surface area contributed by atoms with Crippen LogP contribution >= 0.6 is 0 Å². The largest absolute Gasteiger partial charge is 0.464 e. The number of esters is 1. The number of rotatable bonds is 5. The number of nitrogens with two attached hydrogens (primary N) is 1. The molecule has 1 aromatic rings. The Morgan fingerprint density at radius 3 is 2.87 bits per heavy atom. The fourth-order valence-corrected chi connectivity index (χ4v) is 1.25. The van der Waals surface area contributed by atoms with Crippen LogP contribution in [0.4, 0.5) is 0 Å². The van der Waals surface area contributed by atoms with Crippen LogP contribution in [0.25, 0.3) is 0 Å². The molecule has 0 saturated heterocycles. The van der Waals surface area contributed by atoms with Gasteiger partial charge in [0.25, 0.3) is 0 Å². The lowest BCUT2D eigenvalue weighted by atomic mass is 10.2. The number of hydrogen-bond acceptors (Lipinski definition) is 5. The van der Waals surface area contributed by atoms with Gasteiger partial charge in [0.2, 0.25) is 0 Å². The van der Waals surface area contributed by atoms with E-state index in [9.17, 15) is 4.79 Å². The molecule has 15 heavy (non-hydrogen) atoms. The minimum absolute atomic E-state index is 0.270. The first kappa shape index (κ1) is 11.6. The van der Waals surface area contributed by atoms with E-state index in [0.717, 1.165) is 0 Å². The smallest absolute Gasteiger partial charge is 0.330 e. The summed E-state index contributed by atoms with van der Waals surface area (Å²) in [6, 6.07) is -0.405. The average molecular weight is 212 g/mol. The van der Waals surface area contributed by atoms with Crippen molar-refractivity contribution in [3.05, 3.63) is 12.2 Å². The summed E-state index contributed by atoms with van der Waals surface area (Å²) in [5.41, 5.74) is 5.39. The summed E-state index contributed by atoms with van der Waals surface area (Å²) in [6.45, 7) is 4.31. The van der Waals surface area contributed by atoms with Gasteiger partial charge in [-0.25, -0.2) is 14.5 Å². The van der Waals surface area contributed by atoms with E-state index in [1.165, 1.54) is 11.0 Å². The van der Waals surface area contributed by atoms with E-state index in [-0.39, 0.29) is 12.5 Å². The highest BCUT2D eigenvalue weighted by Gasteiger charge is 2.20. The van der Waals surface area contributed by atoms with Gasteiger partial charge in [0.05, 0.1) is 13.2 Å². The average Bonchev–Trinajstić information content (AvgIpc) is 2.68. The van der Waals surface area contributed by atoms with E-state index < -0.39 is 6.04 Å². The van der Waals surface area contributed by atoms with Gasteiger partial charge in [-0.2, -0.15) is 5.10 Å². The molecule has 0 aliphatic carbocycles. The second kappa shape index (κ2) is 5.45. The summed E-state index contributed by atoms with van der Waals surface area (Å²) in [4.78, 5) is 15.5. The van der Waals surface area contributed by atoms with Crippen molar-refractivity contribution in [3.63, 3.8) is 0 Å². The normalized spacial score (nSPS) is 12.5. The molecule has 0 fully saturated rings. The molecule has 0 amide bonds. The number of hydrogen-bond donors (Lipinski definition) is 1. The van der Waals surface area contributed by atoms with Crippen molar-refractivity contribution >= 4 is 5.97 Å². The Morgan fingerprint density at radius 1 is 1.67 bits per heavy atom. The van der Waals surface area contributed by atoms with Crippen molar-refractivity contribution in [3.8, 4) is 0 Å². The van der Waals surface area contributed by atoms with Gasteiger partial charge in [0.15, 0.2) is 11.9 Å². The zero-order chi connectivity index (χ0) is 11.3. The highest BCUT2D eigenvalue weighted by molar-refractivity contribution is 5.73. The minimum atomic E-state index is -0.405. The molecule has 0 radical (unpaired) electrons. The van der Waals surface area contributed by atoms with Gasteiger partial charge >= 0.3 is 5.97 Å². The molecular formula is C9H16N4O2. The van der Waals surface area contributed by atoms with Crippen LogP contribution < -0.4 is 5.73 Å². The van der Waals surface area contributed by atoms with E-state index in [2.05, 4.69) is 10.1 Å². The second-order valence-corrected chi connectivity index (χ2v) is 3.02. The number of carbonyl (C=O) groups excluding carboxylic acids is 1. The van der Waals surface area contributed by atoms with Crippen LogP contribution in [0.5, 0.6) is 0 Å². The summed E-state index contributed by atoms with van der Waals surface area (Å²) in [5.74, 6) is 0.242. The predicted molar refractivity (Wildman–Crippen MR) is 53.9 cm³/mol. The van der Waals surface area contributed by atoms with Crippen LogP contribution in [-0.4, -0.2) is 27.3 Å². The van der Waals surface area contributed by atoms with Crippen LogP contribution in [-0.2, 0) is 16.1 Å². The summed E-state index contributed by atoms with van der Waals surface area (Å²) in [7, 11) is 0. The van der Waals surface area contributed by atoms with Gasteiger partial charge < -0.3 is 10.5 Å². The first-order valence-electron chi connectivity index (χ1n) is 4.99. The third-order valence-electron chi connectivity index (χ3n) is 2.00. The first-order chi connectivity index (χ1) is 7.22. The van der Waals surface area contributed by atoms with E-state index >= 15 is 0 Å². The van der Waals surface area contributed by atoms with Crippen LogP contribution in [0.1, 0.15) is 32.1 Å². The predicted octanol–water partition coefficient (Wildman–Crippen LogP) is 0.251. The van der Waals surface area contributed by atoms with Crippen LogP contribution in [0.15, 0.2) is 6.33 Å². The number of carbonyl (C=O) groups is 1. The molecule has 0 saturated carbocycles. The monoisotopic (exact) mass is 212 g/mol. The van der Waals surface area contributed by atoms with E-state index in [0.29, 0.717) is 18.9 Å². The molecule has 84 valence electrons. The summed E-state index contributed by atoms with van der Waals surface area (Å²) in [5, 5.41) is 4.08. The fraction of sp³-hybridized carbons (Fsp3) is 0.667. The highest BCUT2D eigenvalue weighted by Crippen LogP contribution is 2.11. The van der Waals surface area contributed by atoms with Crippen molar-refractivity contribution in [1.82, 2.24) is 14.8 Å². The maximum absolute atomic E-state index is 11.5. The summed E-state index contributed by atoms with van der Waals surface area (Å²) >= 11 is 0. The lowest BCUT2D eigenvalue weighted by molar-refractivity contribution is -0.147. The summed E-state index contributed by atoms with van der Waals surface area (Å²) < 4.78 is 6.43. The van der Waals surface area contributed by atoms with Gasteiger partial charge in [-0.3, -0.25) is 0 Å². The van der Waals surface area contributed by atoms with E-state index in [1.807, 2.05) is 6.92 Å². The maximum atomic E-state index is 11.5. The summed E-state index contributed by atoms with van der Waals surface area (Å²) in [6.07, 6.45) is 2.12. The van der Waals surface area contributed by atoms with Gasteiger partial charge in [-0.1, -0.05) is 6.92 Å². The molecule has 2 N–H and O–H groups in total. The molecule has 0 spiro atoms. The van der Waals surface area contributed by atoms with E-state index in [4.69, 9.17) is 10.5 Å². The number of nitrogens with zero attached hydrogens (tertiary/aromatic N) is 3. The molecule has 1 unspecified atom stereocenters. The second-order valence-electron chi connectivity index (χ2n) is 3.02. The minimum Gasteiger partial charge on any atom is -0.464 e. The molecule has 0 bridgehead atoms. The van der Waals surface area contributed by atoms with Crippen LogP contribution in [0.3, 0.4) is 0 Å². The van der Waals surface area contributed by atoms with Crippen molar-refractivity contribution in [2.45, 2.75) is 32.9 Å². The molecule has 0 aromatic carbocycles. The van der Waals surface area contributed by atoms with Crippen LogP contribution in [0.2, 0.25) is 0 Å². The lowest BCUT2D eigenvalue weighted by Crippen LogP contribution is -2.22. The van der Waals surface area contributed by atoms with Crippen molar-refractivity contribution < 1.29 is 9.53 Å². The molecule has 6 nitrogen and oxygen atoms in total. The Balaban J connectivity index is 2.77. The molecule has 1 heterocycles. The Labute approximate surface area is 88.4 Å². The lowest BCUT2D eigenvalue weighted by Gasteiger charge is -2.12. The quantitative estimate of drug-likeness (QED) is 0.707. The third-order valence-corrected chi connectivity index (χ3v) is 2.00. The topological polar surface area (TPSA) is 83.0 Å². The SMILES string of the molecule is CCOC(=O)C(CC)n1cnc(CN)n1. The van der Waals surface area contributed by atoms with Gasteiger partial charge in [-0.05, 0) is 13.3 Å². The Kier molecular flexibility index (Phi) is 4.23. The molecule has 0 aliphatic rings. The molecule has 0 aliphatic heterocycles. The Bertz CT molecular complexity index is 324. The Morgan fingerprint density at radius 2 is 2.40 bits per heavy atom. The van der Waals surface area contributed by atoms with Gasteiger partial charge in [-0.15, -0.1) is 0 Å². The number of ether oxygens (including phenoxy) is 1. The van der Waals surface area contributed by atoms with Crippen LogP contribution in [0, 0.1) is 0 Å². The first-order valence-corrected chi connectivity index (χ1v) is 4.99.